The van der Waals surface area contributed by atoms with Gasteiger partial charge in [0.15, 0.2) is 0 Å². The Kier molecular flexibility index (Phi) is 6.01. The Hall–Kier alpha value is -1.12. The zero-order valence-electron chi connectivity index (χ0n) is 13.4. The fourth-order valence-electron chi connectivity index (χ4n) is 3.37. The van der Waals surface area contributed by atoms with E-state index in [9.17, 15) is 4.79 Å². The smallest absolute Gasteiger partial charge is 0.236 e. The van der Waals surface area contributed by atoms with Crippen LogP contribution in [0, 0.1) is 11.3 Å². The van der Waals surface area contributed by atoms with Gasteiger partial charge in [-0.25, -0.2) is 0 Å². The van der Waals surface area contributed by atoms with Gasteiger partial charge in [0.2, 0.25) is 5.91 Å². The largest absolute Gasteiger partial charge is 0.342 e. The molecule has 0 aromatic heterocycles. The molecule has 1 saturated carbocycles. The van der Waals surface area contributed by atoms with Gasteiger partial charge in [0.1, 0.15) is 0 Å². The van der Waals surface area contributed by atoms with Crippen molar-refractivity contribution in [2.24, 2.45) is 0 Å². The Morgan fingerprint density at radius 3 is 2.43 bits per heavy atom. The molecule has 0 radical (unpaired) electrons. The molecule has 2 rings (SSSR count). The molecule has 0 N–H and O–H groups in total. The predicted molar refractivity (Wildman–Crippen MR) is 82.7 cm³/mol. The first-order valence-corrected chi connectivity index (χ1v) is 8.23. The molecule has 0 unspecified atom stereocenters. The van der Waals surface area contributed by atoms with Gasteiger partial charge in [0, 0.05) is 39.3 Å². The third-order valence-electron chi connectivity index (χ3n) is 5.02. The van der Waals surface area contributed by atoms with Crippen LogP contribution in [0.1, 0.15) is 39.0 Å². The molecule has 1 aliphatic carbocycles. The third kappa shape index (κ3) is 4.42. The van der Waals surface area contributed by atoms with E-state index in [4.69, 9.17) is 5.26 Å². The van der Waals surface area contributed by atoms with E-state index < -0.39 is 0 Å². The Morgan fingerprint density at radius 1 is 1.24 bits per heavy atom. The van der Waals surface area contributed by atoms with Crippen molar-refractivity contribution in [1.29, 1.82) is 5.26 Å². The summed E-state index contributed by atoms with van der Waals surface area (Å²) in [6.07, 6.45) is 6.16. The van der Waals surface area contributed by atoms with Crippen molar-refractivity contribution in [3.05, 3.63) is 0 Å². The second kappa shape index (κ2) is 7.77. The van der Waals surface area contributed by atoms with Crippen molar-refractivity contribution in [1.82, 2.24) is 14.7 Å². The van der Waals surface area contributed by atoms with Crippen LogP contribution in [0.3, 0.4) is 0 Å². The first-order chi connectivity index (χ1) is 10.1. The van der Waals surface area contributed by atoms with E-state index in [1.165, 1.54) is 19.3 Å². The van der Waals surface area contributed by atoms with Gasteiger partial charge in [-0.05, 0) is 19.8 Å². The summed E-state index contributed by atoms with van der Waals surface area (Å²) in [5, 5.41) is 8.95. The van der Waals surface area contributed by atoms with Gasteiger partial charge >= 0.3 is 0 Å². The van der Waals surface area contributed by atoms with Crippen LogP contribution in [0.15, 0.2) is 0 Å². The number of amides is 1. The van der Waals surface area contributed by atoms with Crippen LogP contribution in [0.5, 0.6) is 0 Å². The van der Waals surface area contributed by atoms with Crippen LogP contribution >= 0.6 is 0 Å². The summed E-state index contributed by atoms with van der Waals surface area (Å²) in [7, 11) is 1.96. The van der Waals surface area contributed by atoms with Gasteiger partial charge in [-0.2, -0.15) is 5.26 Å². The molecule has 1 aliphatic heterocycles. The van der Waals surface area contributed by atoms with Gasteiger partial charge < -0.3 is 4.90 Å². The minimum atomic E-state index is -0.0206. The van der Waals surface area contributed by atoms with Crippen molar-refractivity contribution in [2.45, 2.75) is 51.1 Å². The van der Waals surface area contributed by atoms with Crippen LogP contribution in [0.2, 0.25) is 0 Å². The van der Waals surface area contributed by atoms with Crippen molar-refractivity contribution < 1.29 is 4.79 Å². The van der Waals surface area contributed by atoms with E-state index in [2.05, 4.69) is 15.9 Å². The molecule has 1 amide bonds. The van der Waals surface area contributed by atoms with E-state index in [0.29, 0.717) is 12.6 Å². The highest BCUT2D eigenvalue weighted by atomic mass is 16.2. The van der Waals surface area contributed by atoms with E-state index in [-0.39, 0.29) is 11.9 Å². The van der Waals surface area contributed by atoms with E-state index in [1.807, 2.05) is 18.9 Å². The van der Waals surface area contributed by atoms with E-state index >= 15 is 0 Å². The second-order valence-electron chi connectivity index (χ2n) is 6.41. The zero-order valence-corrected chi connectivity index (χ0v) is 13.4. The van der Waals surface area contributed by atoms with Crippen molar-refractivity contribution >= 4 is 5.91 Å². The second-order valence-corrected chi connectivity index (χ2v) is 6.41. The molecule has 0 spiro atoms. The molecule has 5 nitrogen and oxygen atoms in total. The van der Waals surface area contributed by atoms with Crippen molar-refractivity contribution in [3.63, 3.8) is 0 Å². The predicted octanol–water partition coefficient (Wildman–Crippen LogP) is 1.31. The SMILES string of the molecule is C[C@H](C#N)N1CCN(CC(=O)N(C)C2CCCCC2)CC1. The zero-order chi connectivity index (χ0) is 15.2. The number of carbonyl (C=O) groups excluding carboxylic acids is 1. The molecular formula is C16H28N4O. The summed E-state index contributed by atoms with van der Waals surface area (Å²) in [5.41, 5.74) is 0. The molecule has 0 aromatic carbocycles. The van der Waals surface area contributed by atoms with Crippen LogP contribution in [-0.4, -0.2) is 72.5 Å². The minimum Gasteiger partial charge on any atom is -0.342 e. The molecule has 2 aliphatic rings. The number of hydrogen-bond acceptors (Lipinski definition) is 4. The lowest BCUT2D eigenvalue weighted by Gasteiger charge is -2.37. The first kappa shape index (κ1) is 16.3. The first-order valence-electron chi connectivity index (χ1n) is 8.23. The maximum absolute atomic E-state index is 12.4. The number of likely N-dealkylation sites (N-methyl/N-ethyl adjacent to an activating group) is 1. The summed E-state index contributed by atoms with van der Waals surface area (Å²) < 4.78 is 0. The lowest BCUT2D eigenvalue weighted by Crippen LogP contribution is -2.52. The Bertz CT molecular complexity index is 378. The number of nitrogens with zero attached hydrogens (tertiary/aromatic N) is 4. The monoisotopic (exact) mass is 292 g/mol. The minimum absolute atomic E-state index is 0.0206. The third-order valence-corrected chi connectivity index (χ3v) is 5.02. The van der Waals surface area contributed by atoms with Crippen molar-refractivity contribution in [2.75, 3.05) is 39.8 Å². The molecule has 21 heavy (non-hydrogen) atoms. The summed E-state index contributed by atoms with van der Waals surface area (Å²) in [4.78, 5) is 18.8. The van der Waals surface area contributed by atoms with Gasteiger partial charge in [-0.15, -0.1) is 0 Å². The molecule has 0 aromatic rings. The number of hydrogen-bond donors (Lipinski definition) is 0. The molecule has 118 valence electrons. The lowest BCUT2D eigenvalue weighted by molar-refractivity contribution is -0.134. The molecule has 1 heterocycles. The van der Waals surface area contributed by atoms with Crippen LogP contribution < -0.4 is 0 Å². The van der Waals surface area contributed by atoms with Crippen LogP contribution in [0.4, 0.5) is 0 Å². The van der Waals surface area contributed by atoms with Crippen LogP contribution in [-0.2, 0) is 4.79 Å². The molecular weight excluding hydrogens is 264 g/mol. The van der Waals surface area contributed by atoms with E-state index in [1.54, 1.807) is 0 Å². The molecule has 1 atom stereocenters. The Labute approximate surface area is 128 Å². The summed E-state index contributed by atoms with van der Waals surface area (Å²) >= 11 is 0. The number of nitriles is 1. The van der Waals surface area contributed by atoms with Gasteiger partial charge in [-0.3, -0.25) is 14.6 Å². The van der Waals surface area contributed by atoms with Gasteiger partial charge in [-0.1, -0.05) is 19.3 Å². The number of piperazine rings is 1. The van der Waals surface area contributed by atoms with Gasteiger partial charge in [0.25, 0.3) is 0 Å². The fourth-order valence-corrected chi connectivity index (χ4v) is 3.37. The van der Waals surface area contributed by atoms with Gasteiger partial charge in [0.05, 0.1) is 18.7 Å². The Morgan fingerprint density at radius 2 is 1.86 bits per heavy atom. The van der Waals surface area contributed by atoms with Crippen molar-refractivity contribution in [3.8, 4) is 6.07 Å². The summed E-state index contributed by atoms with van der Waals surface area (Å²) in [6, 6.07) is 2.71. The lowest BCUT2D eigenvalue weighted by atomic mass is 9.94. The topological polar surface area (TPSA) is 50.6 Å². The highest BCUT2D eigenvalue weighted by Crippen LogP contribution is 2.21. The molecule has 5 heteroatoms. The summed E-state index contributed by atoms with van der Waals surface area (Å²) in [6.45, 7) is 6.01. The average molecular weight is 292 g/mol. The highest BCUT2D eigenvalue weighted by molar-refractivity contribution is 5.78. The normalized spacial score (nSPS) is 23.5. The number of rotatable bonds is 4. The highest BCUT2D eigenvalue weighted by Gasteiger charge is 2.26. The van der Waals surface area contributed by atoms with E-state index in [0.717, 1.165) is 39.0 Å². The summed E-state index contributed by atoms with van der Waals surface area (Å²) in [5.74, 6) is 0.253. The molecule has 0 bridgehead atoms. The average Bonchev–Trinajstić information content (AvgIpc) is 2.55. The maximum atomic E-state index is 12.4. The fraction of sp³-hybridized carbons (Fsp3) is 0.875. The molecule has 2 fully saturated rings. The molecule has 1 saturated heterocycles. The standard InChI is InChI=1S/C16H28N4O/c1-14(12-17)20-10-8-19(9-11-20)13-16(21)18(2)15-6-4-3-5-7-15/h14-15H,3-11,13H2,1-2H3/t14-/m1/s1. The quantitative estimate of drug-likeness (QED) is 0.784. The number of carbonyl (C=O) groups is 1. The van der Waals surface area contributed by atoms with Crippen LogP contribution in [0.25, 0.3) is 0 Å². The maximum Gasteiger partial charge on any atom is 0.236 e. The Balaban J connectivity index is 1.75.